The van der Waals surface area contributed by atoms with E-state index in [9.17, 15) is 10.1 Å². The minimum Gasteiger partial charge on any atom is -0.487 e. The summed E-state index contributed by atoms with van der Waals surface area (Å²) in [6, 6.07) is 4.27. The second kappa shape index (κ2) is 6.05. The van der Waals surface area contributed by atoms with Gasteiger partial charge in [0.15, 0.2) is 5.75 Å². The first kappa shape index (κ1) is 13.2. The second-order valence-corrected chi connectivity index (χ2v) is 3.35. The van der Waals surface area contributed by atoms with Gasteiger partial charge in [-0.05, 0) is 13.0 Å². The van der Waals surface area contributed by atoms with Crippen molar-refractivity contribution in [1.82, 2.24) is 0 Å². The molecule has 0 aromatic heterocycles. The van der Waals surface area contributed by atoms with Crippen molar-refractivity contribution in [3.05, 3.63) is 28.3 Å². The van der Waals surface area contributed by atoms with Crippen LogP contribution in [0, 0.1) is 10.1 Å². The van der Waals surface area contributed by atoms with E-state index in [2.05, 4.69) is 4.99 Å². The van der Waals surface area contributed by atoms with Gasteiger partial charge in [-0.2, -0.15) is 0 Å². The Morgan fingerprint density at radius 2 is 2.35 bits per heavy atom. The topological polar surface area (TPSA) is 90.8 Å². The molecule has 2 N–H and O–H groups in total. The highest BCUT2D eigenvalue weighted by molar-refractivity contribution is 6.28. The molecule has 0 radical (unpaired) electrons. The molecule has 0 aliphatic carbocycles. The van der Waals surface area contributed by atoms with Crippen LogP contribution in [-0.4, -0.2) is 23.2 Å². The number of alkyl halides is 1. The molecule has 0 spiro atoms. The monoisotopic (exact) mass is 257 g/mol. The van der Waals surface area contributed by atoms with Gasteiger partial charge in [0.2, 0.25) is 0 Å². The standard InChI is InChI=1S/C10H12ClN3O3/c1-2-17-9-5-7(13-10(12)6-11)3-4-8(9)14(15)16/h3-5H,2,6H2,1H3,(H2,12,13). The van der Waals surface area contributed by atoms with E-state index in [-0.39, 0.29) is 23.2 Å². The van der Waals surface area contributed by atoms with Crippen LogP contribution in [0.5, 0.6) is 5.75 Å². The lowest BCUT2D eigenvalue weighted by Crippen LogP contribution is -2.12. The molecule has 0 atom stereocenters. The normalized spacial score (nSPS) is 11.3. The number of nitrogens with two attached hydrogens (primary N) is 1. The fourth-order valence-corrected chi connectivity index (χ4v) is 1.25. The van der Waals surface area contributed by atoms with Crippen LogP contribution in [0.15, 0.2) is 23.2 Å². The van der Waals surface area contributed by atoms with Crippen LogP contribution in [0.2, 0.25) is 0 Å². The Hall–Kier alpha value is -1.82. The number of rotatable bonds is 5. The van der Waals surface area contributed by atoms with Crippen molar-refractivity contribution in [2.75, 3.05) is 12.5 Å². The van der Waals surface area contributed by atoms with Gasteiger partial charge < -0.3 is 10.5 Å². The Labute approximate surface area is 103 Å². The minimum absolute atomic E-state index is 0.0982. The molecule has 0 bridgehead atoms. The number of aliphatic imine (C=N–C) groups is 1. The number of halogens is 1. The van der Waals surface area contributed by atoms with E-state index in [1.807, 2.05) is 0 Å². The third-order valence-corrected chi connectivity index (χ3v) is 2.12. The smallest absolute Gasteiger partial charge is 0.311 e. The Morgan fingerprint density at radius 1 is 1.65 bits per heavy atom. The second-order valence-electron chi connectivity index (χ2n) is 3.08. The molecule has 0 amide bonds. The van der Waals surface area contributed by atoms with Crippen LogP contribution in [0.3, 0.4) is 0 Å². The zero-order valence-electron chi connectivity index (χ0n) is 9.22. The molecule has 0 fully saturated rings. The first-order valence-electron chi connectivity index (χ1n) is 4.88. The molecule has 0 unspecified atom stereocenters. The molecule has 0 aliphatic rings. The molecule has 1 aromatic carbocycles. The van der Waals surface area contributed by atoms with E-state index in [1.165, 1.54) is 18.2 Å². The van der Waals surface area contributed by atoms with Gasteiger partial charge in [-0.1, -0.05) is 0 Å². The van der Waals surface area contributed by atoms with Crippen molar-refractivity contribution in [2.24, 2.45) is 10.7 Å². The predicted octanol–water partition coefficient (Wildman–Crippen LogP) is 2.22. The molecule has 6 nitrogen and oxygen atoms in total. The van der Waals surface area contributed by atoms with Gasteiger partial charge in [0.1, 0.15) is 5.84 Å². The van der Waals surface area contributed by atoms with Gasteiger partial charge >= 0.3 is 5.69 Å². The van der Waals surface area contributed by atoms with Crippen LogP contribution >= 0.6 is 11.6 Å². The summed E-state index contributed by atoms with van der Waals surface area (Å²) < 4.78 is 5.17. The van der Waals surface area contributed by atoms with E-state index in [0.29, 0.717) is 12.3 Å². The number of hydrogen-bond acceptors (Lipinski definition) is 4. The van der Waals surface area contributed by atoms with E-state index in [1.54, 1.807) is 6.92 Å². The zero-order chi connectivity index (χ0) is 12.8. The maximum absolute atomic E-state index is 10.7. The summed E-state index contributed by atoms with van der Waals surface area (Å²) in [5, 5.41) is 10.7. The van der Waals surface area contributed by atoms with Gasteiger partial charge in [0, 0.05) is 12.1 Å². The molecule has 7 heteroatoms. The summed E-state index contributed by atoms with van der Waals surface area (Å²) in [4.78, 5) is 14.2. The number of benzene rings is 1. The first-order valence-corrected chi connectivity index (χ1v) is 5.42. The van der Waals surface area contributed by atoms with E-state index in [4.69, 9.17) is 22.1 Å². The lowest BCUT2D eigenvalue weighted by molar-refractivity contribution is -0.385. The number of nitrogens with zero attached hydrogens (tertiary/aromatic N) is 2. The fourth-order valence-electron chi connectivity index (χ4n) is 1.19. The molecule has 0 heterocycles. The number of ether oxygens (including phenoxy) is 1. The van der Waals surface area contributed by atoms with Crippen molar-refractivity contribution in [3.63, 3.8) is 0 Å². The Kier molecular flexibility index (Phi) is 4.71. The lowest BCUT2D eigenvalue weighted by Gasteiger charge is -2.05. The average molecular weight is 258 g/mol. The van der Waals surface area contributed by atoms with Gasteiger partial charge in [0.25, 0.3) is 0 Å². The third-order valence-electron chi connectivity index (χ3n) is 1.85. The van der Waals surface area contributed by atoms with Gasteiger partial charge in [0.05, 0.1) is 23.1 Å². The molecule has 17 heavy (non-hydrogen) atoms. The van der Waals surface area contributed by atoms with Crippen LogP contribution in [0.1, 0.15) is 6.92 Å². The van der Waals surface area contributed by atoms with E-state index >= 15 is 0 Å². The molecule has 1 rings (SSSR count). The first-order chi connectivity index (χ1) is 8.08. The van der Waals surface area contributed by atoms with Crippen molar-refractivity contribution >= 4 is 28.8 Å². The van der Waals surface area contributed by atoms with Crippen LogP contribution in [-0.2, 0) is 0 Å². The van der Waals surface area contributed by atoms with Crippen molar-refractivity contribution in [1.29, 1.82) is 0 Å². The SMILES string of the molecule is CCOc1cc(N=C(N)CCl)ccc1[N+](=O)[O-]. The third kappa shape index (κ3) is 3.60. The highest BCUT2D eigenvalue weighted by atomic mass is 35.5. The summed E-state index contributed by atoms with van der Waals surface area (Å²) in [5.41, 5.74) is 5.84. The van der Waals surface area contributed by atoms with Crippen molar-refractivity contribution in [2.45, 2.75) is 6.92 Å². The summed E-state index contributed by atoms with van der Waals surface area (Å²) in [6.45, 7) is 2.08. The van der Waals surface area contributed by atoms with E-state index < -0.39 is 4.92 Å². The maximum Gasteiger partial charge on any atom is 0.311 e. The maximum atomic E-state index is 10.7. The fraction of sp³-hybridized carbons (Fsp3) is 0.300. The molecular formula is C10H12ClN3O3. The Balaban J connectivity index is 3.13. The summed E-state index contributed by atoms with van der Waals surface area (Å²) >= 11 is 5.49. The van der Waals surface area contributed by atoms with Crippen molar-refractivity contribution in [3.8, 4) is 5.75 Å². The van der Waals surface area contributed by atoms with Crippen LogP contribution in [0.4, 0.5) is 11.4 Å². The zero-order valence-corrected chi connectivity index (χ0v) is 9.98. The Bertz CT molecular complexity index is 448. The minimum atomic E-state index is -0.511. The average Bonchev–Trinajstić information content (AvgIpc) is 2.29. The predicted molar refractivity (Wildman–Crippen MR) is 66.3 cm³/mol. The summed E-state index contributed by atoms with van der Waals surface area (Å²) in [6.07, 6.45) is 0. The van der Waals surface area contributed by atoms with Gasteiger partial charge in [-0.25, -0.2) is 4.99 Å². The Morgan fingerprint density at radius 3 is 2.88 bits per heavy atom. The molecular weight excluding hydrogens is 246 g/mol. The number of amidine groups is 1. The highest BCUT2D eigenvalue weighted by Crippen LogP contribution is 2.31. The molecule has 92 valence electrons. The number of nitro groups is 1. The molecule has 0 aliphatic heterocycles. The molecule has 0 saturated heterocycles. The quantitative estimate of drug-likeness (QED) is 0.288. The van der Waals surface area contributed by atoms with Crippen LogP contribution in [0.25, 0.3) is 0 Å². The van der Waals surface area contributed by atoms with Crippen molar-refractivity contribution < 1.29 is 9.66 Å². The van der Waals surface area contributed by atoms with Gasteiger partial charge in [-0.15, -0.1) is 11.6 Å². The van der Waals surface area contributed by atoms with Crippen LogP contribution < -0.4 is 10.5 Å². The van der Waals surface area contributed by atoms with E-state index in [0.717, 1.165) is 0 Å². The summed E-state index contributed by atoms with van der Waals surface area (Å²) in [7, 11) is 0. The number of nitro benzene ring substituents is 1. The summed E-state index contributed by atoms with van der Waals surface area (Å²) in [5.74, 6) is 0.505. The number of hydrogen-bond donors (Lipinski definition) is 1. The molecule has 0 saturated carbocycles. The highest BCUT2D eigenvalue weighted by Gasteiger charge is 2.15. The molecule has 1 aromatic rings. The largest absolute Gasteiger partial charge is 0.487 e. The lowest BCUT2D eigenvalue weighted by atomic mass is 10.2. The van der Waals surface area contributed by atoms with Gasteiger partial charge in [-0.3, -0.25) is 10.1 Å².